The fraction of sp³-hybridized carbons (Fsp3) is 0.429. The van der Waals surface area contributed by atoms with Crippen LogP contribution in [-0.4, -0.2) is 32.0 Å². The second-order valence-corrected chi connectivity index (χ2v) is 4.70. The fourth-order valence-electron chi connectivity index (χ4n) is 1.73. The molecule has 0 radical (unpaired) electrons. The molecule has 1 fully saturated rings. The predicted octanol–water partition coefficient (Wildman–Crippen LogP) is 1.41. The van der Waals surface area contributed by atoms with Gasteiger partial charge < -0.3 is 16.0 Å². The van der Waals surface area contributed by atoms with E-state index in [1.54, 1.807) is 24.3 Å². The maximum Gasteiger partial charge on any atom is 0.251 e. The third kappa shape index (κ3) is 4.83. The van der Waals surface area contributed by atoms with Gasteiger partial charge in [-0.2, -0.15) is 0 Å². The lowest BCUT2D eigenvalue weighted by Gasteiger charge is -2.08. The zero-order valence-corrected chi connectivity index (χ0v) is 12.3. The van der Waals surface area contributed by atoms with Crippen LogP contribution in [0.15, 0.2) is 24.3 Å². The van der Waals surface area contributed by atoms with E-state index in [4.69, 9.17) is 0 Å². The van der Waals surface area contributed by atoms with Crippen molar-refractivity contribution in [3.63, 3.8) is 0 Å². The molecule has 110 valence electrons. The predicted molar refractivity (Wildman–Crippen MR) is 81.3 cm³/mol. The van der Waals surface area contributed by atoms with Crippen molar-refractivity contribution in [1.82, 2.24) is 10.6 Å². The SMILES string of the molecule is CNCCNC(=O)c1cccc(NC(=O)C2CC2)c1.Cl. The van der Waals surface area contributed by atoms with E-state index >= 15 is 0 Å². The first-order valence-corrected chi connectivity index (χ1v) is 6.54. The minimum absolute atomic E-state index is 0. The van der Waals surface area contributed by atoms with Crippen molar-refractivity contribution >= 4 is 29.9 Å². The van der Waals surface area contributed by atoms with Crippen LogP contribution in [0.25, 0.3) is 0 Å². The van der Waals surface area contributed by atoms with Crippen LogP contribution in [0.2, 0.25) is 0 Å². The Morgan fingerprint density at radius 3 is 2.65 bits per heavy atom. The summed E-state index contributed by atoms with van der Waals surface area (Å²) in [5, 5.41) is 8.60. The molecule has 0 saturated heterocycles. The molecule has 2 amide bonds. The van der Waals surface area contributed by atoms with Crippen molar-refractivity contribution in [2.24, 2.45) is 5.92 Å². The Kier molecular flexibility index (Phi) is 6.48. The third-order valence-corrected chi connectivity index (χ3v) is 3.00. The second-order valence-electron chi connectivity index (χ2n) is 4.70. The highest BCUT2D eigenvalue weighted by Crippen LogP contribution is 2.30. The molecule has 0 bridgehead atoms. The van der Waals surface area contributed by atoms with Gasteiger partial charge in [0.05, 0.1) is 0 Å². The molecule has 2 rings (SSSR count). The quantitative estimate of drug-likeness (QED) is 0.695. The van der Waals surface area contributed by atoms with Gasteiger partial charge in [0.25, 0.3) is 5.91 Å². The van der Waals surface area contributed by atoms with Gasteiger partial charge in [-0.3, -0.25) is 9.59 Å². The van der Waals surface area contributed by atoms with Gasteiger partial charge in [0.1, 0.15) is 0 Å². The number of hydrogen-bond donors (Lipinski definition) is 3. The highest BCUT2D eigenvalue weighted by molar-refractivity contribution is 5.98. The molecule has 1 aliphatic carbocycles. The summed E-state index contributed by atoms with van der Waals surface area (Å²) in [7, 11) is 1.83. The zero-order valence-electron chi connectivity index (χ0n) is 11.4. The number of carbonyl (C=O) groups is 2. The summed E-state index contributed by atoms with van der Waals surface area (Å²) in [5.41, 5.74) is 1.24. The van der Waals surface area contributed by atoms with Crippen molar-refractivity contribution in [2.75, 3.05) is 25.5 Å². The second kappa shape index (κ2) is 7.87. The number of rotatable bonds is 6. The lowest BCUT2D eigenvalue weighted by molar-refractivity contribution is -0.117. The Morgan fingerprint density at radius 2 is 2.00 bits per heavy atom. The minimum Gasteiger partial charge on any atom is -0.351 e. The summed E-state index contributed by atoms with van der Waals surface area (Å²) in [6.45, 7) is 1.30. The van der Waals surface area contributed by atoms with Crippen LogP contribution in [0.5, 0.6) is 0 Å². The van der Waals surface area contributed by atoms with Crippen LogP contribution in [0.1, 0.15) is 23.2 Å². The molecule has 1 aromatic rings. The molecule has 0 unspecified atom stereocenters. The first-order chi connectivity index (χ1) is 9.20. The molecule has 20 heavy (non-hydrogen) atoms. The van der Waals surface area contributed by atoms with Gasteiger partial charge in [-0.05, 0) is 38.1 Å². The monoisotopic (exact) mass is 297 g/mol. The molecular formula is C14H20ClN3O2. The number of benzene rings is 1. The van der Waals surface area contributed by atoms with Crippen LogP contribution >= 0.6 is 12.4 Å². The van der Waals surface area contributed by atoms with E-state index in [0.717, 1.165) is 19.4 Å². The molecule has 0 spiro atoms. The van der Waals surface area contributed by atoms with E-state index in [2.05, 4.69) is 16.0 Å². The molecule has 0 aliphatic heterocycles. The average Bonchev–Trinajstić information content (AvgIpc) is 3.23. The van der Waals surface area contributed by atoms with E-state index in [0.29, 0.717) is 17.8 Å². The number of halogens is 1. The number of likely N-dealkylation sites (N-methyl/N-ethyl adjacent to an activating group) is 1. The lowest BCUT2D eigenvalue weighted by Crippen LogP contribution is -2.30. The minimum atomic E-state index is -0.127. The first-order valence-electron chi connectivity index (χ1n) is 6.54. The van der Waals surface area contributed by atoms with Crippen LogP contribution in [0, 0.1) is 5.92 Å². The van der Waals surface area contributed by atoms with Crippen LogP contribution in [0.4, 0.5) is 5.69 Å². The molecule has 0 aromatic heterocycles. The Labute approximate surface area is 124 Å². The highest BCUT2D eigenvalue weighted by Gasteiger charge is 2.29. The molecule has 1 saturated carbocycles. The molecular weight excluding hydrogens is 278 g/mol. The van der Waals surface area contributed by atoms with Gasteiger partial charge in [-0.25, -0.2) is 0 Å². The maximum atomic E-state index is 11.9. The molecule has 6 heteroatoms. The Morgan fingerprint density at radius 1 is 1.25 bits per heavy atom. The Balaban J connectivity index is 0.00000200. The highest BCUT2D eigenvalue weighted by atomic mass is 35.5. The van der Waals surface area contributed by atoms with Crippen LogP contribution < -0.4 is 16.0 Å². The van der Waals surface area contributed by atoms with E-state index in [1.165, 1.54) is 0 Å². The van der Waals surface area contributed by atoms with Gasteiger partial charge in [0, 0.05) is 30.3 Å². The van der Waals surface area contributed by atoms with E-state index in [1.807, 2.05) is 7.05 Å². The third-order valence-electron chi connectivity index (χ3n) is 3.00. The van der Waals surface area contributed by atoms with Crippen molar-refractivity contribution in [1.29, 1.82) is 0 Å². The van der Waals surface area contributed by atoms with Crippen LogP contribution in [0.3, 0.4) is 0 Å². The number of carbonyl (C=O) groups excluding carboxylic acids is 2. The van der Waals surface area contributed by atoms with Gasteiger partial charge in [-0.15, -0.1) is 12.4 Å². The summed E-state index contributed by atoms with van der Waals surface area (Å²) in [4.78, 5) is 23.5. The normalized spacial score (nSPS) is 13.2. The Hall–Kier alpha value is -1.59. The number of anilines is 1. The van der Waals surface area contributed by atoms with Gasteiger partial charge in [0.15, 0.2) is 0 Å². The molecule has 3 N–H and O–H groups in total. The van der Waals surface area contributed by atoms with Gasteiger partial charge >= 0.3 is 0 Å². The summed E-state index contributed by atoms with van der Waals surface area (Å²) in [6.07, 6.45) is 1.94. The summed E-state index contributed by atoms with van der Waals surface area (Å²) in [5.74, 6) is 0.0821. The largest absolute Gasteiger partial charge is 0.351 e. The van der Waals surface area contributed by atoms with Gasteiger partial charge in [0.2, 0.25) is 5.91 Å². The lowest BCUT2D eigenvalue weighted by atomic mass is 10.2. The summed E-state index contributed by atoms with van der Waals surface area (Å²) < 4.78 is 0. The maximum absolute atomic E-state index is 11.9. The van der Waals surface area contributed by atoms with E-state index in [9.17, 15) is 9.59 Å². The smallest absolute Gasteiger partial charge is 0.251 e. The Bertz CT molecular complexity index is 475. The molecule has 1 aromatic carbocycles. The summed E-state index contributed by atoms with van der Waals surface area (Å²) >= 11 is 0. The fourth-order valence-corrected chi connectivity index (χ4v) is 1.73. The van der Waals surface area contributed by atoms with Gasteiger partial charge in [-0.1, -0.05) is 6.07 Å². The zero-order chi connectivity index (χ0) is 13.7. The van der Waals surface area contributed by atoms with Crippen LogP contribution in [-0.2, 0) is 4.79 Å². The first kappa shape index (κ1) is 16.5. The standard InChI is InChI=1S/C14H19N3O2.ClH/c1-15-7-8-16-13(18)11-3-2-4-12(9-11)17-14(19)10-5-6-10;/h2-4,9-10,15H,5-8H2,1H3,(H,16,18)(H,17,19);1H. The summed E-state index contributed by atoms with van der Waals surface area (Å²) in [6, 6.07) is 7.01. The van der Waals surface area contributed by atoms with E-state index < -0.39 is 0 Å². The van der Waals surface area contributed by atoms with Crippen molar-refractivity contribution in [3.8, 4) is 0 Å². The molecule has 0 atom stereocenters. The van der Waals surface area contributed by atoms with E-state index in [-0.39, 0.29) is 30.1 Å². The molecule has 1 aliphatic rings. The van der Waals surface area contributed by atoms with Crippen molar-refractivity contribution in [3.05, 3.63) is 29.8 Å². The van der Waals surface area contributed by atoms with Crippen molar-refractivity contribution in [2.45, 2.75) is 12.8 Å². The number of amides is 2. The average molecular weight is 298 g/mol. The number of nitrogens with one attached hydrogen (secondary N) is 3. The number of hydrogen-bond acceptors (Lipinski definition) is 3. The topological polar surface area (TPSA) is 70.2 Å². The van der Waals surface area contributed by atoms with Crippen molar-refractivity contribution < 1.29 is 9.59 Å². The molecule has 0 heterocycles. The molecule has 5 nitrogen and oxygen atoms in total.